The second kappa shape index (κ2) is 5.03. The minimum Gasteiger partial charge on any atom is -0.478 e. The van der Waals surface area contributed by atoms with E-state index in [2.05, 4.69) is 4.98 Å². The maximum absolute atomic E-state index is 10.1. The molecule has 0 amide bonds. The standard InChI is InChI=1S/C8H7NO2.H3N/c10-8(11)5-4-7-3-1-2-6-9-7;/h1-6H,(H,10,11);1H3. The first-order valence-corrected chi connectivity index (χ1v) is 3.11. The molecule has 1 aromatic rings. The zero-order valence-corrected chi connectivity index (χ0v) is 6.47. The summed E-state index contributed by atoms with van der Waals surface area (Å²) in [5, 5.41) is 8.26. The molecule has 0 saturated carbocycles. The van der Waals surface area contributed by atoms with E-state index in [4.69, 9.17) is 5.11 Å². The maximum atomic E-state index is 10.1. The first kappa shape index (κ1) is 10.3. The highest BCUT2D eigenvalue weighted by Crippen LogP contribution is 1.95. The van der Waals surface area contributed by atoms with Gasteiger partial charge in [-0.2, -0.15) is 0 Å². The van der Waals surface area contributed by atoms with Crippen molar-refractivity contribution in [3.8, 4) is 0 Å². The topological polar surface area (TPSA) is 85.2 Å². The summed E-state index contributed by atoms with van der Waals surface area (Å²) in [5.41, 5.74) is 0.648. The lowest BCUT2D eigenvalue weighted by Crippen LogP contribution is -1.86. The molecule has 64 valence electrons. The van der Waals surface area contributed by atoms with Crippen LogP contribution in [0.15, 0.2) is 30.5 Å². The minimum absolute atomic E-state index is 0. The van der Waals surface area contributed by atoms with E-state index in [0.717, 1.165) is 6.08 Å². The van der Waals surface area contributed by atoms with Gasteiger partial charge in [0.05, 0.1) is 5.69 Å². The number of pyridine rings is 1. The van der Waals surface area contributed by atoms with Gasteiger partial charge >= 0.3 is 5.97 Å². The number of hydrogen-bond donors (Lipinski definition) is 2. The van der Waals surface area contributed by atoms with Crippen molar-refractivity contribution in [2.45, 2.75) is 0 Å². The Balaban J connectivity index is 0.00000121. The van der Waals surface area contributed by atoms with Crippen LogP contribution in [0.3, 0.4) is 0 Å². The molecule has 1 rings (SSSR count). The monoisotopic (exact) mass is 166 g/mol. The Morgan fingerprint density at radius 2 is 2.25 bits per heavy atom. The Morgan fingerprint density at radius 3 is 2.75 bits per heavy atom. The number of aliphatic carboxylic acids is 1. The highest BCUT2D eigenvalue weighted by atomic mass is 16.4. The van der Waals surface area contributed by atoms with E-state index in [0.29, 0.717) is 5.69 Å². The Hall–Kier alpha value is -1.68. The van der Waals surface area contributed by atoms with Gasteiger partial charge in [-0.1, -0.05) is 6.07 Å². The molecule has 4 N–H and O–H groups in total. The van der Waals surface area contributed by atoms with E-state index in [9.17, 15) is 4.79 Å². The number of aromatic nitrogens is 1. The lowest BCUT2D eigenvalue weighted by Gasteiger charge is -1.87. The summed E-state index contributed by atoms with van der Waals surface area (Å²) >= 11 is 0. The van der Waals surface area contributed by atoms with E-state index in [-0.39, 0.29) is 6.15 Å². The Bertz CT molecular complexity index is 270. The first-order chi connectivity index (χ1) is 5.29. The fourth-order valence-corrected chi connectivity index (χ4v) is 0.631. The van der Waals surface area contributed by atoms with Crippen molar-refractivity contribution in [1.29, 1.82) is 0 Å². The Labute approximate surface area is 70.1 Å². The van der Waals surface area contributed by atoms with Crippen molar-refractivity contribution in [2.75, 3.05) is 0 Å². The van der Waals surface area contributed by atoms with Gasteiger partial charge in [0.2, 0.25) is 0 Å². The first-order valence-electron chi connectivity index (χ1n) is 3.11. The average Bonchev–Trinajstić information content (AvgIpc) is 2.03. The molecule has 0 bridgehead atoms. The Kier molecular flexibility index (Phi) is 4.33. The molecule has 1 heterocycles. The van der Waals surface area contributed by atoms with Crippen LogP contribution in [-0.4, -0.2) is 16.1 Å². The molecule has 0 aliphatic heterocycles. The predicted molar refractivity (Wildman–Crippen MR) is 45.9 cm³/mol. The summed E-state index contributed by atoms with van der Waals surface area (Å²) in [6, 6.07) is 5.31. The van der Waals surface area contributed by atoms with E-state index < -0.39 is 5.97 Å². The maximum Gasteiger partial charge on any atom is 0.328 e. The van der Waals surface area contributed by atoms with Gasteiger partial charge in [0.25, 0.3) is 0 Å². The van der Waals surface area contributed by atoms with Crippen molar-refractivity contribution in [2.24, 2.45) is 0 Å². The summed E-state index contributed by atoms with van der Waals surface area (Å²) in [4.78, 5) is 14.0. The van der Waals surface area contributed by atoms with Crippen LogP contribution < -0.4 is 6.15 Å². The molecule has 0 unspecified atom stereocenters. The summed E-state index contributed by atoms with van der Waals surface area (Å²) in [5.74, 6) is -0.962. The molecule has 0 aliphatic carbocycles. The molecule has 1 aromatic heterocycles. The quantitative estimate of drug-likeness (QED) is 0.649. The number of rotatable bonds is 2. The normalized spacial score (nSPS) is 9.33. The minimum atomic E-state index is -0.962. The van der Waals surface area contributed by atoms with Crippen LogP contribution in [0.1, 0.15) is 5.69 Å². The third-order valence-electron chi connectivity index (χ3n) is 1.08. The second-order valence-electron chi connectivity index (χ2n) is 1.93. The van der Waals surface area contributed by atoms with Crippen LogP contribution in [-0.2, 0) is 4.79 Å². The number of carboxylic acid groups (broad SMARTS) is 1. The molecular formula is C8H10N2O2. The molecular weight excluding hydrogens is 156 g/mol. The van der Waals surface area contributed by atoms with Gasteiger partial charge in [0.1, 0.15) is 0 Å². The Morgan fingerprint density at radius 1 is 1.50 bits per heavy atom. The zero-order chi connectivity index (χ0) is 8.10. The molecule has 4 nitrogen and oxygen atoms in total. The van der Waals surface area contributed by atoms with Gasteiger partial charge in [0, 0.05) is 12.3 Å². The molecule has 0 aliphatic rings. The van der Waals surface area contributed by atoms with Crippen molar-refractivity contribution in [1.82, 2.24) is 11.1 Å². The number of carbonyl (C=O) groups is 1. The van der Waals surface area contributed by atoms with Crippen LogP contribution in [0.4, 0.5) is 0 Å². The van der Waals surface area contributed by atoms with Gasteiger partial charge in [-0.25, -0.2) is 4.79 Å². The summed E-state index contributed by atoms with van der Waals surface area (Å²) in [6.45, 7) is 0. The van der Waals surface area contributed by atoms with Gasteiger partial charge in [-0.3, -0.25) is 4.98 Å². The van der Waals surface area contributed by atoms with Crippen LogP contribution in [0.5, 0.6) is 0 Å². The highest BCUT2D eigenvalue weighted by molar-refractivity contribution is 5.84. The van der Waals surface area contributed by atoms with E-state index in [1.165, 1.54) is 6.08 Å². The van der Waals surface area contributed by atoms with Gasteiger partial charge in [0.15, 0.2) is 0 Å². The fraction of sp³-hybridized carbons (Fsp3) is 0. The molecule has 0 radical (unpaired) electrons. The average molecular weight is 166 g/mol. The molecule has 4 heteroatoms. The molecule has 0 atom stereocenters. The third kappa shape index (κ3) is 3.48. The summed E-state index contributed by atoms with van der Waals surface area (Å²) in [7, 11) is 0. The van der Waals surface area contributed by atoms with E-state index >= 15 is 0 Å². The molecule has 12 heavy (non-hydrogen) atoms. The van der Waals surface area contributed by atoms with Gasteiger partial charge in [-0.15, -0.1) is 0 Å². The van der Waals surface area contributed by atoms with E-state index in [1.807, 2.05) is 0 Å². The van der Waals surface area contributed by atoms with Crippen molar-refractivity contribution < 1.29 is 9.90 Å². The number of hydrogen-bond acceptors (Lipinski definition) is 3. The number of carboxylic acids is 1. The number of nitrogens with zero attached hydrogens (tertiary/aromatic N) is 1. The molecule has 0 saturated heterocycles. The van der Waals surface area contributed by atoms with E-state index in [1.54, 1.807) is 24.4 Å². The summed E-state index contributed by atoms with van der Waals surface area (Å²) in [6.07, 6.45) is 4.12. The van der Waals surface area contributed by atoms with Crippen LogP contribution in [0.25, 0.3) is 6.08 Å². The fourth-order valence-electron chi connectivity index (χ4n) is 0.631. The van der Waals surface area contributed by atoms with Crippen molar-refractivity contribution >= 4 is 12.0 Å². The lowest BCUT2D eigenvalue weighted by atomic mass is 10.3. The van der Waals surface area contributed by atoms with Crippen molar-refractivity contribution in [3.63, 3.8) is 0 Å². The molecule has 0 spiro atoms. The molecule has 0 aromatic carbocycles. The summed E-state index contributed by atoms with van der Waals surface area (Å²) < 4.78 is 0. The zero-order valence-electron chi connectivity index (χ0n) is 6.47. The smallest absolute Gasteiger partial charge is 0.328 e. The third-order valence-corrected chi connectivity index (χ3v) is 1.08. The van der Waals surface area contributed by atoms with Gasteiger partial charge in [-0.05, 0) is 18.2 Å². The predicted octanol–water partition coefficient (Wildman–Crippen LogP) is 1.34. The molecule has 0 fully saturated rings. The largest absolute Gasteiger partial charge is 0.478 e. The SMILES string of the molecule is N.O=C(O)C=Cc1ccccn1. The van der Waals surface area contributed by atoms with Crippen molar-refractivity contribution in [3.05, 3.63) is 36.2 Å². The van der Waals surface area contributed by atoms with Crippen LogP contribution in [0, 0.1) is 0 Å². The van der Waals surface area contributed by atoms with Crippen LogP contribution in [0.2, 0.25) is 0 Å². The van der Waals surface area contributed by atoms with Gasteiger partial charge < -0.3 is 11.3 Å². The highest BCUT2D eigenvalue weighted by Gasteiger charge is 1.87. The lowest BCUT2D eigenvalue weighted by molar-refractivity contribution is -0.131. The van der Waals surface area contributed by atoms with Crippen LogP contribution >= 0.6 is 0 Å². The second-order valence-corrected chi connectivity index (χ2v) is 1.93.